The van der Waals surface area contributed by atoms with Gasteiger partial charge in [0.15, 0.2) is 0 Å². The Hall–Kier alpha value is -0.0800. The zero-order chi connectivity index (χ0) is 11.2. The summed E-state index contributed by atoms with van der Waals surface area (Å²) in [7, 11) is 0. The number of hydrogen-bond donors (Lipinski definition) is 2. The Morgan fingerprint density at radius 1 is 1.19 bits per heavy atom. The van der Waals surface area contributed by atoms with Crippen LogP contribution in [0, 0.1) is 11.8 Å². The number of rotatable bonds is 5. The minimum atomic E-state index is 0.755. The first kappa shape index (κ1) is 12.4. The topological polar surface area (TPSA) is 24.1 Å². The Labute approximate surface area is 101 Å². The highest BCUT2D eigenvalue weighted by molar-refractivity contribution is 4.77. The maximum absolute atomic E-state index is 3.63. The van der Waals surface area contributed by atoms with Gasteiger partial charge in [0.05, 0.1) is 0 Å². The summed E-state index contributed by atoms with van der Waals surface area (Å²) >= 11 is 0. The molecule has 2 fully saturated rings. The van der Waals surface area contributed by atoms with Gasteiger partial charge in [0.1, 0.15) is 0 Å². The summed E-state index contributed by atoms with van der Waals surface area (Å²) in [5, 5.41) is 7.17. The molecule has 3 atom stereocenters. The molecule has 0 spiro atoms. The summed E-state index contributed by atoms with van der Waals surface area (Å²) in [4.78, 5) is 0. The second kappa shape index (κ2) is 6.61. The molecule has 0 aromatic heterocycles. The van der Waals surface area contributed by atoms with Crippen molar-refractivity contribution < 1.29 is 0 Å². The summed E-state index contributed by atoms with van der Waals surface area (Å²) in [6.45, 7) is 6.06. The molecular weight excluding hydrogens is 196 g/mol. The van der Waals surface area contributed by atoms with Gasteiger partial charge in [0.25, 0.3) is 0 Å². The molecule has 0 amide bonds. The van der Waals surface area contributed by atoms with Gasteiger partial charge in [-0.2, -0.15) is 0 Å². The van der Waals surface area contributed by atoms with Gasteiger partial charge < -0.3 is 10.6 Å². The Morgan fingerprint density at radius 3 is 2.88 bits per heavy atom. The van der Waals surface area contributed by atoms with E-state index in [0.717, 1.165) is 17.9 Å². The standard InChI is InChI=1S/C14H28N2/c1-12-4-2-5-13(10-12)7-9-15-11-14-6-3-8-16-14/h12-16H,2-11H2,1H3. The molecule has 0 aromatic rings. The van der Waals surface area contributed by atoms with Gasteiger partial charge in [-0.15, -0.1) is 0 Å². The highest BCUT2D eigenvalue weighted by Crippen LogP contribution is 2.30. The molecule has 1 saturated carbocycles. The van der Waals surface area contributed by atoms with Gasteiger partial charge in [-0.05, 0) is 50.6 Å². The summed E-state index contributed by atoms with van der Waals surface area (Å²) in [6.07, 6.45) is 10.0. The van der Waals surface area contributed by atoms with Crippen LogP contribution >= 0.6 is 0 Å². The molecule has 1 saturated heterocycles. The van der Waals surface area contributed by atoms with E-state index in [1.165, 1.54) is 64.6 Å². The van der Waals surface area contributed by atoms with E-state index in [-0.39, 0.29) is 0 Å². The monoisotopic (exact) mass is 224 g/mol. The van der Waals surface area contributed by atoms with Crippen LogP contribution in [0.5, 0.6) is 0 Å². The third kappa shape index (κ3) is 4.06. The first-order valence-corrected chi connectivity index (χ1v) is 7.28. The van der Waals surface area contributed by atoms with Crippen molar-refractivity contribution in [2.24, 2.45) is 11.8 Å². The van der Waals surface area contributed by atoms with Crippen LogP contribution in [0.2, 0.25) is 0 Å². The average Bonchev–Trinajstić information content (AvgIpc) is 2.77. The zero-order valence-electron chi connectivity index (χ0n) is 10.8. The van der Waals surface area contributed by atoms with Crippen LogP contribution < -0.4 is 10.6 Å². The van der Waals surface area contributed by atoms with Crippen molar-refractivity contribution in [3.8, 4) is 0 Å². The molecule has 0 bridgehead atoms. The third-order valence-electron chi connectivity index (χ3n) is 4.33. The first-order valence-electron chi connectivity index (χ1n) is 7.28. The Bertz CT molecular complexity index is 187. The normalized spacial score (nSPS) is 35.4. The van der Waals surface area contributed by atoms with Gasteiger partial charge in [-0.25, -0.2) is 0 Å². The van der Waals surface area contributed by atoms with E-state index < -0.39 is 0 Å². The minimum Gasteiger partial charge on any atom is -0.315 e. The molecule has 2 rings (SSSR count). The minimum absolute atomic E-state index is 0.755. The molecular formula is C14H28N2. The lowest BCUT2D eigenvalue weighted by atomic mass is 9.81. The quantitative estimate of drug-likeness (QED) is 0.701. The predicted octanol–water partition coefficient (Wildman–Crippen LogP) is 2.54. The smallest absolute Gasteiger partial charge is 0.0192 e. The second-order valence-corrected chi connectivity index (χ2v) is 5.92. The SMILES string of the molecule is CC1CCCC(CCNCC2CCCN2)C1. The van der Waals surface area contributed by atoms with Gasteiger partial charge >= 0.3 is 0 Å². The van der Waals surface area contributed by atoms with Crippen molar-refractivity contribution in [2.45, 2.75) is 57.9 Å². The molecule has 2 N–H and O–H groups in total. The Morgan fingerprint density at radius 2 is 2.12 bits per heavy atom. The van der Waals surface area contributed by atoms with E-state index in [4.69, 9.17) is 0 Å². The van der Waals surface area contributed by atoms with Gasteiger partial charge in [-0.1, -0.05) is 26.2 Å². The fourth-order valence-electron chi connectivity index (χ4n) is 3.34. The first-order chi connectivity index (χ1) is 7.84. The molecule has 94 valence electrons. The van der Waals surface area contributed by atoms with Gasteiger partial charge in [0, 0.05) is 12.6 Å². The van der Waals surface area contributed by atoms with Crippen molar-refractivity contribution in [1.82, 2.24) is 10.6 Å². The Kier molecular flexibility index (Phi) is 5.11. The molecule has 1 heterocycles. The summed E-state index contributed by atoms with van der Waals surface area (Å²) in [6, 6.07) is 0.755. The molecule has 2 aliphatic rings. The highest BCUT2D eigenvalue weighted by Gasteiger charge is 2.18. The van der Waals surface area contributed by atoms with E-state index in [0.29, 0.717) is 0 Å². The van der Waals surface area contributed by atoms with Gasteiger partial charge in [0.2, 0.25) is 0 Å². The summed E-state index contributed by atoms with van der Waals surface area (Å²) < 4.78 is 0. The van der Waals surface area contributed by atoms with Crippen molar-refractivity contribution in [3.05, 3.63) is 0 Å². The molecule has 3 unspecified atom stereocenters. The molecule has 0 aromatic carbocycles. The van der Waals surface area contributed by atoms with E-state index in [2.05, 4.69) is 17.6 Å². The highest BCUT2D eigenvalue weighted by atomic mass is 15.0. The lowest BCUT2D eigenvalue weighted by molar-refractivity contribution is 0.267. The number of hydrogen-bond acceptors (Lipinski definition) is 2. The molecule has 0 radical (unpaired) electrons. The fourth-order valence-corrected chi connectivity index (χ4v) is 3.34. The van der Waals surface area contributed by atoms with E-state index in [1.807, 2.05) is 0 Å². The third-order valence-corrected chi connectivity index (χ3v) is 4.33. The molecule has 1 aliphatic carbocycles. The lowest BCUT2D eigenvalue weighted by Gasteiger charge is -2.26. The summed E-state index contributed by atoms with van der Waals surface area (Å²) in [5.74, 6) is 1.99. The van der Waals surface area contributed by atoms with Crippen molar-refractivity contribution in [3.63, 3.8) is 0 Å². The van der Waals surface area contributed by atoms with Crippen LogP contribution in [-0.2, 0) is 0 Å². The van der Waals surface area contributed by atoms with Crippen molar-refractivity contribution in [1.29, 1.82) is 0 Å². The zero-order valence-corrected chi connectivity index (χ0v) is 10.8. The number of nitrogens with one attached hydrogen (secondary N) is 2. The van der Waals surface area contributed by atoms with Crippen LogP contribution in [0.4, 0.5) is 0 Å². The maximum Gasteiger partial charge on any atom is 0.0192 e. The van der Waals surface area contributed by atoms with E-state index in [1.54, 1.807) is 0 Å². The van der Waals surface area contributed by atoms with Crippen LogP contribution in [-0.4, -0.2) is 25.7 Å². The van der Waals surface area contributed by atoms with Crippen LogP contribution in [0.3, 0.4) is 0 Å². The average molecular weight is 224 g/mol. The summed E-state index contributed by atoms with van der Waals surface area (Å²) in [5.41, 5.74) is 0. The fraction of sp³-hybridized carbons (Fsp3) is 1.00. The van der Waals surface area contributed by atoms with Crippen molar-refractivity contribution >= 4 is 0 Å². The van der Waals surface area contributed by atoms with E-state index in [9.17, 15) is 0 Å². The molecule has 2 nitrogen and oxygen atoms in total. The van der Waals surface area contributed by atoms with Crippen LogP contribution in [0.1, 0.15) is 51.9 Å². The predicted molar refractivity (Wildman–Crippen MR) is 69.6 cm³/mol. The van der Waals surface area contributed by atoms with Crippen LogP contribution in [0.25, 0.3) is 0 Å². The van der Waals surface area contributed by atoms with Crippen LogP contribution in [0.15, 0.2) is 0 Å². The Balaban J connectivity index is 1.50. The molecule has 16 heavy (non-hydrogen) atoms. The molecule has 1 aliphatic heterocycles. The van der Waals surface area contributed by atoms with E-state index >= 15 is 0 Å². The lowest BCUT2D eigenvalue weighted by Crippen LogP contribution is -2.35. The second-order valence-electron chi connectivity index (χ2n) is 5.92. The van der Waals surface area contributed by atoms with Gasteiger partial charge in [-0.3, -0.25) is 0 Å². The largest absolute Gasteiger partial charge is 0.315 e. The van der Waals surface area contributed by atoms with Crippen molar-refractivity contribution in [2.75, 3.05) is 19.6 Å². The maximum atomic E-state index is 3.63. The molecule has 2 heteroatoms.